The van der Waals surface area contributed by atoms with E-state index < -0.39 is 0 Å². The molecule has 1 aromatic heterocycles. The Bertz CT molecular complexity index is 550. The second-order valence-electron chi connectivity index (χ2n) is 4.40. The third kappa shape index (κ3) is 2.96. The van der Waals surface area contributed by atoms with Gasteiger partial charge in [0.05, 0.1) is 6.04 Å². The van der Waals surface area contributed by atoms with Crippen LogP contribution in [0.25, 0.3) is 0 Å². The SMILES string of the molecule is CCc1nc(CC)n(C(CN)c2cccc(Cl)c2)n1. The van der Waals surface area contributed by atoms with Crippen molar-refractivity contribution in [1.29, 1.82) is 0 Å². The molecular formula is C14H19ClN4. The van der Waals surface area contributed by atoms with Gasteiger partial charge >= 0.3 is 0 Å². The van der Waals surface area contributed by atoms with Gasteiger partial charge in [0.1, 0.15) is 5.82 Å². The monoisotopic (exact) mass is 278 g/mol. The molecule has 2 rings (SSSR count). The summed E-state index contributed by atoms with van der Waals surface area (Å²) in [6, 6.07) is 7.74. The van der Waals surface area contributed by atoms with Crippen molar-refractivity contribution in [2.45, 2.75) is 32.7 Å². The number of hydrogen-bond acceptors (Lipinski definition) is 3. The molecule has 1 heterocycles. The van der Waals surface area contributed by atoms with Crippen molar-refractivity contribution < 1.29 is 0 Å². The Kier molecular flexibility index (Phi) is 4.56. The van der Waals surface area contributed by atoms with E-state index in [9.17, 15) is 0 Å². The molecule has 0 aliphatic rings. The Morgan fingerprint density at radius 2 is 2.11 bits per heavy atom. The molecule has 4 nitrogen and oxygen atoms in total. The second kappa shape index (κ2) is 6.17. The third-order valence-electron chi connectivity index (χ3n) is 3.13. The second-order valence-corrected chi connectivity index (χ2v) is 4.84. The van der Waals surface area contributed by atoms with Gasteiger partial charge in [-0.05, 0) is 17.7 Å². The number of benzene rings is 1. The van der Waals surface area contributed by atoms with Crippen molar-refractivity contribution in [3.63, 3.8) is 0 Å². The highest BCUT2D eigenvalue weighted by atomic mass is 35.5. The lowest BCUT2D eigenvalue weighted by atomic mass is 10.1. The minimum Gasteiger partial charge on any atom is -0.328 e. The molecule has 2 N–H and O–H groups in total. The molecule has 0 radical (unpaired) electrons. The Hall–Kier alpha value is -1.39. The van der Waals surface area contributed by atoms with Crippen molar-refractivity contribution in [3.8, 4) is 0 Å². The van der Waals surface area contributed by atoms with Crippen LogP contribution in [0.5, 0.6) is 0 Å². The fraction of sp³-hybridized carbons (Fsp3) is 0.429. The van der Waals surface area contributed by atoms with Crippen molar-refractivity contribution in [3.05, 3.63) is 46.5 Å². The molecule has 0 saturated carbocycles. The number of nitrogens with two attached hydrogens (primary N) is 1. The maximum Gasteiger partial charge on any atom is 0.150 e. The van der Waals surface area contributed by atoms with Crippen LogP contribution in [0.1, 0.15) is 37.1 Å². The van der Waals surface area contributed by atoms with Crippen LogP contribution in [-0.2, 0) is 12.8 Å². The molecule has 102 valence electrons. The minimum atomic E-state index is -0.0125. The van der Waals surface area contributed by atoms with Crippen LogP contribution in [0.3, 0.4) is 0 Å². The molecule has 5 heteroatoms. The highest BCUT2D eigenvalue weighted by Crippen LogP contribution is 2.21. The van der Waals surface area contributed by atoms with E-state index in [2.05, 4.69) is 23.9 Å². The highest BCUT2D eigenvalue weighted by Gasteiger charge is 2.18. The third-order valence-corrected chi connectivity index (χ3v) is 3.37. The summed E-state index contributed by atoms with van der Waals surface area (Å²) >= 11 is 6.05. The Morgan fingerprint density at radius 3 is 2.68 bits per heavy atom. The molecule has 0 aliphatic heterocycles. The van der Waals surface area contributed by atoms with Crippen LogP contribution in [0.15, 0.2) is 24.3 Å². The predicted molar refractivity (Wildman–Crippen MR) is 77.4 cm³/mol. The van der Waals surface area contributed by atoms with Crippen molar-refractivity contribution >= 4 is 11.6 Å². The summed E-state index contributed by atoms with van der Waals surface area (Å²) in [5.74, 6) is 1.82. The van der Waals surface area contributed by atoms with E-state index in [0.717, 1.165) is 30.1 Å². The van der Waals surface area contributed by atoms with E-state index >= 15 is 0 Å². The molecule has 1 unspecified atom stereocenters. The molecule has 0 spiro atoms. The van der Waals surface area contributed by atoms with E-state index in [1.54, 1.807) is 0 Å². The first kappa shape index (κ1) is 14.0. The van der Waals surface area contributed by atoms with Gasteiger partial charge in [-0.25, -0.2) is 9.67 Å². The number of hydrogen-bond donors (Lipinski definition) is 1. The van der Waals surface area contributed by atoms with Gasteiger partial charge in [0.15, 0.2) is 5.82 Å². The molecule has 0 bridgehead atoms. The van der Waals surface area contributed by atoms with Crippen molar-refractivity contribution in [2.24, 2.45) is 5.73 Å². The zero-order chi connectivity index (χ0) is 13.8. The molecular weight excluding hydrogens is 260 g/mol. The maximum atomic E-state index is 6.05. The first-order valence-electron chi connectivity index (χ1n) is 6.59. The van der Waals surface area contributed by atoms with Crippen molar-refractivity contribution in [1.82, 2.24) is 14.8 Å². The molecule has 0 saturated heterocycles. The summed E-state index contributed by atoms with van der Waals surface area (Å²) in [4.78, 5) is 4.53. The highest BCUT2D eigenvalue weighted by molar-refractivity contribution is 6.30. The Labute approximate surface area is 118 Å². The summed E-state index contributed by atoms with van der Waals surface area (Å²) in [6.45, 7) is 4.60. The summed E-state index contributed by atoms with van der Waals surface area (Å²) < 4.78 is 1.94. The van der Waals surface area contributed by atoms with E-state index in [4.69, 9.17) is 17.3 Å². The maximum absolute atomic E-state index is 6.05. The van der Waals surface area contributed by atoms with Crippen LogP contribution >= 0.6 is 11.6 Å². The molecule has 0 fully saturated rings. The first-order chi connectivity index (χ1) is 9.19. The smallest absolute Gasteiger partial charge is 0.150 e. The largest absolute Gasteiger partial charge is 0.328 e. The normalized spacial score (nSPS) is 12.6. The number of aryl methyl sites for hydroxylation is 2. The first-order valence-corrected chi connectivity index (χ1v) is 6.97. The number of rotatable bonds is 5. The topological polar surface area (TPSA) is 56.7 Å². The van der Waals surface area contributed by atoms with Gasteiger partial charge in [-0.15, -0.1) is 0 Å². The summed E-state index contributed by atoms with van der Waals surface area (Å²) in [5.41, 5.74) is 7.00. The van der Waals surface area contributed by atoms with Crippen molar-refractivity contribution in [2.75, 3.05) is 6.54 Å². The minimum absolute atomic E-state index is 0.0125. The number of nitrogens with zero attached hydrogens (tertiary/aromatic N) is 3. The van der Waals surface area contributed by atoms with Crippen LogP contribution in [0, 0.1) is 0 Å². The lowest BCUT2D eigenvalue weighted by molar-refractivity contribution is 0.505. The van der Waals surface area contributed by atoms with E-state index in [-0.39, 0.29) is 6.04 Å². The summed E-state index contributed by atoms with van der Waals surface area (Å²) in [7, 11) is 0. The van der Waals surface area contributed by atoms with Crippen LogP contribution in [0.2, 0.25) is 5.02 Å². The average Bonchev–Trinajstić information content (AvgIpc) is 2.83. The standard InChI is InChI=1S/C14H19ClN4/c1-3-13-17-14(4-2)19(18-13)12(9-16)10-6-5-7-11(15)8-10/h5-8,12H,3-4,9,16H2,1-2H3. The lowest BCUT2D eigenvalue weighted by Gasteiger charge is -2.17. The molecule has 1 aromatic carbocycles. The van der Waals surface area contributed by atoms with Gasteiger partial charge in [-0.3, -0.25) is 0 Å². The summed E-state index contributed by atoms with van der Waals surface area (Å²) in [5, 5.41) is 5.27. The quantitative estimate of drug-likeness (QED) is 0.915. The van der Waals surface area contributed by atoms with Gasteiger partial charge in [-0.2, -0.15) is 5.10 Å². The van der Waals surface area contributed by atoms with Gasteiger partial charge in [0.25, 0.3) is 0 Å². The fourth-order valence-corrected chi connectivity index (χ4v) is 2.33. The Balaban J connectivity index is 2.44. The van der Waals surface area contributed by atoms with E-state index in [0.29, 0.717) is 11.6 Å². The lowest BCUT2D eigenvalue weighted by Crippen LogP contribution is -2.23. The zero-order valence-electron chi connectivity index (χ0n) is 11.3. The average molecular weight is 279 g/mol. The van der Waals surface area contributed by atoms with Crippen LogP contribution in [0.4, 0.5) is 0 Å². The molecule has 19 heavy (non-hydrogen) atoms. The van der Waals surface area contributed by atoms with E-state index in [1.165, 1.54) is 0 Å². The van der Waals surface area contributed by atoms with Crippen LogP contribution in [-0.4, -0.2) is 21.3 Å². The number of halogens is 1. The van der Waals surface area contributed by atoms with Gasteiger partial charge < -0.3 is 5.73 Å². The van der Waals surface area contributed by atoms with Gasteiger partial charge in [0, 0.05) is 24.4 Å². The van der Waals surface area contributed by atoms with E-state index in [1.807, 2.05) is 28.9 Å². The van der Waals surface area contributed by atoms with Crippen LogP contribution < -0.4 is 5.73 Å². The van der Waals surface area contributed by atoms with Gasteiger partial charge in [-0.1, -0.05) is 37.6 Å². The predicted octanol–water partition coefficient (Wildman–Crippen LogP) is 2.60. The molecule has 2 aromatic rings. The zero-order valence-corrected chi connectivity index (χ0v) is 12.1. The molecule has 0 amide bonds. The Morgan fingerprint density at radius 1 is 1.32 bits per heavy atom. The fourth-order valence-electron chi connectivity index (χ4n) is 2.14. The molecule has 1 atom stereocenters. The molecule has 0 aliphatic carbocycles. The van der Waals surface area contributed by atoms with Gasteiger partial charge in [0.2, 0.25) is 0 Å². The number of aromatic nitrogens is 3. The summed E-state index contributed by atoms with van der Waals surface area (Å²) in [6.07, 6.45) is 1.66.